The van der Waals surface area contributed by atoms with E-state index in [1.165, 1.54) is 0 Å². The van der Waals surface area contributed by atoms with Gasteiger partial charge >= 0.3 is 0 Å². The third kappa shape index (κ3) is 2.80. The number of hydrogen-bond donors (Lipinski definition) is 6. The van der Waals surface area contributed by atoms with Crippen LogP contribution in [0, 0.1) is 0 Å². The molecule has 0 bridgehead atoms. The molecule has 1 aliphatic rings. The van der Waals surface area contributed by atoms with Gasteiger partial charge in [0.15, 0.2) is 0 Å². The van der Waals surface area contributed by atoms with Crippen molar-refractivity contribution in [2.45, 2.75) is 113 Å². The van der Waals surface area contributed by atoms with Crippen molar-refractivity contribution in [1.82, 2.24) is 0 Å². The van der Waals surface area contributed by atoms with Gasteiger partial charge in [0.05, 0.1) is 16.1 Å². The van der Waals surface area contributed by atoms with Gasteiger partial charge in [-0.1, -0.05) is 77.8 Å². The highest BCUT2D eigenvalue weighted by Crippen LogP contribution is 2.51. The fraction of sp³-hybridized carbons (Fsp3) is 1.00. The highest BCUT2D eigenvalue weighted by molar-refractivity contribution is 6.85. The normalized spacial score (nSPS) is 39.2. The Morgan fingerprint density at radius 1 is 0.577 bits per heavy atom. The van der Waals surface area contributed by atoms with Crippen LogP contribution in [0.25, 0.3) is 0 Å². The zero-order valence-corrected chi connectivity index (χ0v) is 19.2. The van der Waals surface area contributed by atoms with Crippen LogP contribution < -0.4 is 0 Å². The Labute approximate surface area is 159 Å². The lowest BCUT2D eigenvalue weighted by molar-refractivity contribution is -0.261. The number of rotatable bonds is 8. The van der Waals surface area contributed by atoms with Crippen molar-refractivity contribution >= 4 is 16.1 Å². The molecule has 0 amide bonds. The summed E-state index contributed by atoms with van der Waals surface area (Å²) in [5.41, 5.74) is 0. The third-order valence-corrected chi connectivity index (χ3v) is 20.8. The lowest BCUT2D eigenvalue weighted by Gasteiger charge is -2.63. The minimum absolute atomic E-state index is 0.600. The summed E-state index contributed by atoms with van der Waals surface area (Å²) in [5, 5.41) is 63.2. The van der Waals surface area contributed by atoms with Crippen molar-refractivity contribution < 1.29 is 30.6 Å². The first-order chi connectivity index (χ1) is 12.0. The molecule has 0 aromatic rings. The van der Waals surface area contributed by atoms with E-state index in [4.69, 9.17) is 0 Å². The highest BCUT2D eigenvalue weighted by Gasteiger charge is 2.74. The largest absolute Gasteiger partial charge is 0.388 e. The molecule has 8 heteroatoms. The fourth-order valence-corrected chi connectivity index (χ4v) is 15.5. The van der Waals surface area contributed by atoms with Gasteiger partial charge in [-0.25, -0.2) is 0 Å². The predicted octanol–water partition coefficient (Wildman–Crippen LogP) is 1.00. The van der Waals surface area contributed by atoms with Crippen molar-refractivity contribution in [2.75, 3.05) is 0 Å². The van der Waals surface area contributed by atoms with Crippen LogP contribution in [-0.4, -0.2) is 81.7 Å². The summed E-state index contributed by atoms with van der Waals surface area (Å²) in [6.45, 7) is 11.6. The molecule has 0 radical (unpaired) electrons. The average Bonchev–Trinajstić information content (AvgIpc) is 2.67. The smallest absolute Gasteiger partial charge is 0.111 e. The van der Waals surface area contributed by atoms with Gasteiger partial charge in [-0.05, 0) is 0 Å². The maximum absolute atomic E-state index is 11.7. The van der Waals surface area contributed by atoms with Crippen LogP contribution in [0.1, 0.15) is 41.5 Å². The lowest BCUT2D eigenvalue weighted by atomic mass is 9.83. The summed E-state index contributed by atoms with van der Waals surface area (Å²) in [7, 11) is -5.40. The van der Waals surface area contributed by atoms with Crippen LogP contribution in [0.15, 0.2) is 0 Å². The molecule has 6 N–H and O–H groups in total. The summed E-state index contributed by atoms with van der Waals surface area (Å²) in [4.78, 5) is 0. The monoisotopic (exact) mass is 408 g/mol. The van der Waals surface area contributed by atoms with Crippen LogP contribution in [-0.2, 0) is 0 Å². The minimum atomic E-state index is -2.70. The topological polar surface area (TPSA) is 121 Å². The van der Waals surface area contributed by atoms with Crippen LogP contribution in [0.2, 0.25) is 36.3 Å². The van der Waals surface area contributed by atoms with Crippen molar-refractivity contribution in [3.63, 3.8) is 0 Å². The molecule has 0 heterocycles. The first-order valence-electron chi connectivity index (χ1n) is 10.2. The zero-order valence-electron chi connectivity index (χ0n) is 17.2. The fourth-order valence-electron chi connectivity index (χ4n) is 5.76. The van der Waals surface area contributed by atoms with Crippen LogP contribution in [0.5, 0.6) is 0 Å². The van der Waals surface area contributed by atoms with Crippen molar-refractivity contribution in [3.8, 4) is 0 Å². The average molecular weight is 409 g/mol. The summed E-state index contributed by atoms with van der Waals surface area (Å²) >= 11 is 0. The molecule has 0 unspecified atom stereocenters. The van der Waals surface area contributed by atoms with E-state index in [1.54, 1.807) is 0 Å². The van der Waals surface area contributed by atoms with E-state index in [2.05, 4.69) is 0 Å². The summed E-state index contributed by atoms with van der Waals surface area (Å²) in [6.07, 6.45) is -6.74. The second-order valence-corrected chi connectivity index (χ2v) is 19.1. The Balaban J connectivity index is 3.77. The molecule has 1 fully saturated rings. The molecule has 1 aliphatic carbocycles. The van der Waals surface area contributed by atoms with Gasteiger partial charge < -0.3 is 30.6 Å². The van der Waals surface area contributed by atoms with Crippen molar-refractivity contribution in [3.05, 3.63) is 0 Å². The van der Waals surface area contributed by atoms with E-state index in [9.17, 15) is 30.6 Å². The Bertz CT molecular complexity index is 414. The third-order valence-electron chi connectivity index (χ3n) is 8.14. The molecule has 0 aliphatic heterocycles. The second kappa shape index (κ2) is 8.28. The van der Waals surface area contributed by atoms with Gasteiger partial charge in [0, 0.05) is 0 Å². The molecule has 0 saturated heterocycles. The molecular formula is C18H40O6Si2. The molecule has 0 spiro atoms. The Hall–Kier alpha value is 0.194. The van der Waals surface area contributed by atoms with Gasteiger partial charge in [-0.2, -0.15) is 0 Å². The number of hydrogen-bond acceptors (Lipinski definition) is 6. The molecule has 6 atom stereocenters. The SMILES string of the molecule is CC[Si](CC)(CC)[C@@]1(O)[C@@H](O)[C@](O)([Si](CC)(CC)CC)[C@@H](O)[C@H](O)[C@H]1O. The lowest BCUT2D eigenvalue weighted by Crippen LogP contribution is -2.88. The van der Waals surface area contributed by atoms with Crippen LogP contribution in [0.4, 0.5) is 0 Å². The van der Waals surface area contributed by atoms with Gasteiger partial charge in [-0.15, -0.1) is 0 Å². The van der Waals surface area contributed by atoms with Gasteiger partial charge in [-0.3, -0.25) is 0 Å². The molecule has 1 saturated carbocycles. The molecule has 0 aromatic carbocycles. The summed E-state index contributed by atoms with van der Waals surface area (Å²) in [6, 6.07) is 3.60. The molecule has 0 aromatic heterocycles. The van der Waals surface area contributed by atoms with E-state index in [0.717, 1.165) is 0 Å². The molecule has 1 rings (SSSR count). The zero-order chi connectivity index (χ0) is 20.6. The van der Waals surface area contributed by atoms with Crippen molar-refractivity contribution in [2.24, 2.45) is 0 Å². The maximum Gasteiger partial charge on any atom is 0.111 e. The molecular weight excluding hydrogens is 368 g/mol. The number of aliphatic hydroxyl groups is 6. The van der Waals surface area contributed by atoms with E-state index in [1.807, 2.05) is 41.5 Å². The number of aliphatic hydroxyl groups excluding tert-OH is 4. The van der Waals surface area contributed by atoms with E-state index >= 15 is 0 Å². The Kier molecular flexibility index (Phi) is 7.72. The van der Waals surface area contributed by atoms with Crippen LogP contribution >= 0.6 is 0 Å². The standard InChI is InChI=1S/C18H40O6Si2/c1-7-25(8-2,9-3)17(23)14(20)13(19)15(21)18(24,16(17)22)26(10-4,11-5)12-6/h13-16,19-24H,7-12H2,1-6H3/t13-,14-,15+,16-,17-,18-/m1/s1. The quantitative estimate of drug-likeness (QED) is 0.333. The molecule has 6 nitrogen and oxygen atoms in total. The van der Waals surface area contributed by atoms with Gasteiger partial charge in [0.2, 0.25) is 0 Å². The predicted molar refractivity (Wildman–Crippen MR) is 108 cm³/mol. The minimum Gasteiger partial charge on any atom is -0.388 e. The van der Waals surface area contributed by atoms with E-state index in [-0.39, 0.29) is 0 Å². The summed E-state index contributed by atoms with van der Waals surface area (Å²) < 4.78 is 0. The first kappa shape index (κ1) is 24.2. The van der Waals surface area contributed by atoms with Crippen molar-refractivity contribution in [1.29, 1.82) is 0 Å². The first-order valence-corrected chi connectivity index (χ1v) is 15.4. The van der Waals surface area contributed by atoms with E-state index in [0.29, 0.717) is 36.3 Å². The Morgan fingerprint density at radius 2 is 0.808 bits per heavy atom. The van der Waals surface area contributed by atoms with E-state index < -0.39 is 51.0 Å². The summed E-state index contributed by atoms with van der Waals surface area (Å²) in [5.74, 6) is 0. The maximum atomic E-state index is 11.7. The van der Waals surface area contributed by atoms with Gasteiger partial charge in [0.1, 0.15) is 34.9 Å². The molecule has 26 heavy (non-hydrogen) atoms. The van der Waals surface area contributed by atoms with Crippen LogP contribution in [0.3, 0.4) is 0 Å². The second-order valence-electron chi connectivity index (χ2n) is 8.12. The molecule has 156 valence electrons. The highest BCUT2D eigenvalue weighted by atomic mass is 28.3. The Morgan fingerprint density at radius 3 is 1.00 bits per heavy atom. The van der Waals surface area contributed by atoms with Gasteiger partial charge in [0.25, 0.3) is 0 Å².